The van der Waals surface area contributed by atoms with Crippen LogP contribution in [0.4, 0.5) is 0 Å². The topological polar surface area (TPSA) is 44.8 Å². The molecular formula is C13H18O4. The fourth-order valence-electron chi connectivity index (χ4n) is 1.21. The van der Waals surface area contributed by atoms with Gasteiger partial charge in [0.2, 0.25) is 0 Å². The van der Waals surface area contributed by atoms with Gasteiger partial charge in [-0.15, -0.1) is 0 Å². The summed E-state index contributed by atoms with van der Waals surface area (Å²) in [5.74, 6) is 0.944. The molecule has 0 fully saturated rings. The predicted octanol–water partition coefficient (Wildman–Crippen LogP) is 2.42. The average Bonchev–Trinajstić information content (AvgIpc) is 2.37. The van der Waals surface area contributed by atoms with E-state index in [0.29, 0.717) is 18.1 Å². The standard InChI is InChI=1S/C13H18O4/c1-3-4-8-16-13(14)10-17-12-7-5-6-11(9-12)15-2/h5-7,9H,3-4,8,10H2,1-2H3. The van der Waals surface area contributed by atoms with Crippen LogP contribution in [0, 0.1) is 0 Å². The molecule has 0 aliphatic heterocycles. The summed E-state index contributed by atoms with van der Waals surface area (Å²) in [6.07, 6.45) is 1.88. The number of methoxy groups -OCH3 is 1. The van der Waals surface area contributed by atoms with Gasteiger partial charge in [0.15, 0.2) is 6.61 Å². The quantitative estimate of drug-likeness (QED) is 0.540. The van der Waals surface area contributed by atoms with Gasteiger partial charge in [-0.25, -0.2) is 4.79 Å². The first kappa shape index (κ1) is 13.4. The third-order valence-corrected chi connectivity index (χ3v) is 2.16. The molecule has 94 valence electrons. The summed E-state index contributed by atoms with van der Waals surface area (Å²) >= 11 is 0. The lowest BCUT2D eigenvalue weighted by molar-refractivity contribution is -0.146. The van der Waals surface area contributed by atoms with Gasteiger partial charge in [0.25, 0.3) is 0 Å². The second-order valence-corrected chi connectivity index (χ2v) is 3.54. The molecule has 0 saturated heterocycles. The number of esters is 1. The highest BCUT2D eigenvalue weighted by Gasteiger charge is 2.04. The second-order valence-electron chi connectivity index (χ2n) is 3.54. The van der Waals surface area contributed by atoms with Crippen LogP contribution in [-0.4, -0.2) is 26.3 Å². The molecule has 0 heterocycles. The van der Waals surface area contributed by atoms with Crippen LogP contribution in [-0.2, 0) is 9.53 Å². The normalized spacial score (nSPS) is 9.76. The van der Waals surface area contributed by atoms with Crippen molar-refractivity contribution in [3.8, 4) is 11.5 Å². The van der Waals surface area contributed by atoms with E-state index in [0.717, 1.165) is 12.8 Å². The Hall–Kier alpha value is -1.71. The van der Waals surface area contributed by atoms with Gasteiger partial charge < -0.3 is 14.2 Å². The van der Waals surface area contributed by atoms with Crippen LogP contribution in [0.25, 0.3) is 0 Å². The highest BCUT2D eigenvalue weighted by molar-refractivity contribution is 5.71. The van der Waals surface area contributed by atoms with Crippen molar-refractivity contribution in [3.63, 3.8) is 0 Å². The monoisotopic (exact) mass is 238 g/mol. The van der Waals surface area contributed by atoms with Crippen LogP contribution >= 0.6 is 0 Å². The van der Waals surface area contributed by atoms with E-state index in [1.165, 1.54) is 0 Å². The molecule has 1 aromatic carbocycles. The zero-order valence-corrected chi connectivity index (χ0v) is 10.3. The lowest BCUT2D eigenvalue weighted by atomic mass is 10.3. The van der Waals surface area contributed by atoms with Crippen LogP contribution in [0.3, 0.4) is 0 Å². The van der Waals surface area contributed by atoms with Gasteiger partial charge in [-0.1, -0.05) is 19.4 Å². The number of rotatable bonds is 7. The molecule has 4 nitrogen and oxygen atoms in total. The highest BCUT2D eigenvalue weighted by atomic mass is 16.6. The van der Waals surface area contributed by atoms with Crippen LogP contribution in [0.15, 0.2) is 24.3 Å². The van der Waals surface area contributed by atoms with Crippen LogP contribution in [0.5, 0.6) is 11.5 Å². The first-order chi connectivity index (χ1) is 8.26. The molecule has 0 aromatic heterocycles. The molecule has 1 aromatic rings. The third kappa shape index (κ3) is 5.24. The Balaban J connectivity index is 2.31. The Morgan fingerprint density at radius 1 is 1.29 bits per heavy atom. The zero-order valence-electron chi connectivity index (χ0n) is 10.3. The summed E-state index contributed by atoms with van der Waals surface area (Å²) in [4.78, 5) is 11.3. The van der Waals surface area contributed by atoms with Gasteiger partial charge >= 0.3 is 5.97 Å². The summed E-state index contributed by atoms with van der Waals surface area (Å²) in [7, 11) is 1.58. The van der Waals surface area contributed by atoms with E-state index in [4.69, 9.17) is 14.2 Å². The minimum atomic E-state index is -0.346. The Labute approximate surface area is 101 Å². The van der Waals surface area contributed by atoms with Gasteiger partial charge in [0.05, 0.1) is 13.7 Å². The largest absolute Gasteiger partial charge is 0.497 e. The maximum absolute atomic E-state index is 11.3. The summed E-state index contributed by atoms with van der Waals surface area (Å²) < 4.78 is 15.3. The highest BCUT2D eigenvalue weighted by Crippen LogP contribution is 2.18. The van der Waals surface area contributed by atoms with E-state index >= 15 is 0 Å². The van der Waals surface area contributed by atoms with E-state index in [-0.39, 0.29) is 12.6 Å². The Kier molecular flexibility index (Phi) is 5.93. The van der Waals surface area contributed by atoms with Crippen molar-refractivity contribution in [2.75, 3.05) is 20.3 Å². The molecule has 0 radical (unpaired) electrons. The summed E-state index contributed by atoms with van der Waals surface area (Å²) in [5.41, 5.74) is 0. The molecule has 4 heteroatoms. The molecule has 17 heavy (non-hydrogen) atoms. The number of benzene rings is 1. The van der Waals surface area contributed by atoms with Gasteiger partial charge in [0.1, 0.15) is 11.5 Å². The molecule has 0 bridgehead atoms. The number of hydrogen-bond donors (Lipinski definition) is 0. The van der Waals surface area contributed by atoms with Gasteiger partial charge in [-0.05, 0) is 18.6 Å². The van der Waals surface area contributed by atoms with Crippen molar-refractivity contribution < 1.29 is 19.0 Å². The number of hydrogen-bond acceptors (Lipinski definition) is 4. The Bertz CT molecular complexity index is 349. The number of ether oxygens (including phenoxy) is 3. The minimum absolute atomic E-state index is 0.0725. The number of carbonyl (C=O) groups excluding carboxylic acids is 1. The van der Waals surface area contributed by atoms with Crippen LogP contribution in [0.2, 0.25) is 0 Å². The molecular weight excluding hydrogens is 220 g/mol. The Morgan fingerprint density at radius 3 is 2.76 bits per heavy atom. The summed E-state index contributed by atoms with van der Waals surface area (Å²) in [6, 6.07) is 7.10. The third-order valence-electron chi connectivity index (χ3n) is 2.16. The lowest BCUT2D eigenvalue weighted by Gasteiger charge is -2.07. The summed E-state index contributed by atoms with van der Waals surface area (Å²) in [5, 5.41) is 0. The van der Waals surface area contributed by atoms with Crippen molar-refractivity contribution >= 4 is 5.97 Å². The average molecular weight is 238 g/mol. The molecule has 0 saturated carbocycles. The smallest absolute Gasteiger partial charge is 0.344 e. The maximum atomic E-state index is 11.3. The molecule has 0 unspecified atom stereocenters. The molecule has 0 aliphatic rings. The Morgan fingerprint density at radius 2 is 2.06 bits per heavy atom. The van der Waals surface area contributed by atoms with Gasteiger partial charge in [0, 0.05) is 6.07 Å². The second kappa shape index (κ2) is 7.54. The van der Waals surface area contributed by atoms with E-state index in [2.05, 4.69) is 0 Å². The van der Waals surface area contributed by atoms with Crippen LogP contribution < -0.4 is 9.47 Å². The van der Waals surface area contributed by atoms with Crippen molar-refractivity contribution in [1.29, 1.82) is 0 Å². The first-order valence-electron chi connectivity index (χ1n) is 5.68. The fraction of sp³-hybridized carbons (Fsp3) is 0.462. The predicted molar refractivity (Wildman–Crippen MR) is 64.4 cm³/mol. The van der Waals surface area contributed by atoms with Gasteiger partial charge in [-0.3, -0.25) is 0 Å². The molecule has 0 spiro atoms. The maximum Gasteiger partial charge on any atom is 0.344 e. The van der Waals surface area contributed by atoms with E-state index in [9.17, 15) is 4.79 Å². The van der Waals surface area contributed by atoms with Gasteiger partial charge in [-0.2, -0.15) is 0 Å². The van der Waals surface area contributed by atoms with Crippen LogP contribution in [0.1, 0.15) is 19.8 Å². The summed E-state index contributed by atoms with van der Waals surface area (Å²) in [6.45, 7) is 2.42. The van der Waals surface area contributed by atoms with E-state index in [1.54, 1.807) is 25.3 Å². The number of carbonyl (C=O) groups is 1. The van der Waals surface area contributed by atoms with E-state index < -0.39 is 0 Å². The molecule has 1 rings (SSSR count). The molecule has 0 amide bonds. The fourth-order valence-corrected chi connectivity index (χ4v) is 1.21. The van der Waals surface area contributed by atoms with E-state index in [1.807, 2.05) is 13.0 Å². The molecule has 0 atom stereocenters. The SMILES string of the molecule is CCCCOC(=O)COc1cccc(OC)c1. The van der Waals surface area contributed by atoms with Crippen molar-refractivity contribution in [2.24, 2.45) is 0 Å². The number of unbranched alkanes of at least 4 members (excludes halogenated alkanes) is 1. The zero-order chi connectivity index (χ0) is 12.5. The van der Waals surface area contributed by atoms with Crippen molar-refractivity contribution in [3.05, 3.63) is 24.3 Å². The van der Waals surface area contributed by atoms with Crippen molar-refractivity contribution in [2.45, 2.75) is 19.8 Å². The molecule has 0 aliphatic carbocycles. The first-order valence-corrected chi connectivity index (χ1v) is 5.68. The minimum Gasteiger partial charge on any atom is -0.497 e. The lowest BCUT2D eigenvalue weighted by Crippen LogP contribution is -2.15. The van der Waals surface area contributed by atoms with Crippen molar-refractivity contribution in [1.82, 2.24) is 0 Å². The molecule has 0 N–H and O–H groups in total.